The van der Waals surface area contributed by atoms with Crippen molar-refractivity contribution in [1.82, 2.24) is 0 Å². The summed E-state index contributed by atoms with van der Waals surface area (Å²) >= 11 is 0.174. The summed E-state index contributed by atoms with van der Waals surface area (Å²) in [4.78, 5) is 11.5. The highest BCUT2D eigenvalue weighted by atomic mass is 27.1. The van der Waals surface area contributed by atoms with Gasteiger partial charge >= 0.3 is 0 Å². The predicted octanol–water partition coefficient (Wildman–Crippen LogP) is 3.46. The third kappa shape index (κ3) is 7.59. The van der Waals surface area contributed by atoms with Gasteiger partial charge in [-0.05, 0) is 6.42 Å². The van der Waals surface area contributed by atoms with Gasteiger partial charge in [0, 0.05) is 12.3 Å². The molecule has 1 unspecified atom stereocenters. The van der Waals surface area contributed by atoms with E-state index in [1.165, 1.54) is 29.8 Å². The van der Waals surface area contributed by atoms with Crippen molar-refractivity contribution in [2.45, 2.75) is 63.4 Å². The highest BCUT2D eigenvalue weighted by Crippen LogP contribution is 2.09. The highest BCUT2D eigenvalue weighted by Gasteiger charge is 2.09. The first-order valence-corrected chi connectivity index (χ1v) is 8.25. The van der Waals surface area contributed by atoms with Gasteiger partial charge in [-0.3, -0.25) is 4.79 Å². The van der Waals surface area contributed by atoms with Crippen LogP contribution in [-0.2, 0) is 4.79 Å². The molecule has 1 atom stereocenters. The van der Waals surface area contributed by atoms with Gasteiger partial charge in [0.15, 0.2) is 0 Å². The van der Waals surface area contributed by atoms with Gasteiger partial charge in [-0.1, -0.05) is 50.6 Å². The fourth-order valence-corrected chi connectivity index (χ4v) is 3.36. The summed E-state index contributed by atoms with van der Waals surface area (Å²) in [5.74, 6) is 0.782. The molecule has 0 rings (SSSR count). The Balaban J connectivity index is 3.23. The van der Waals surface area contributed by atoms with Crippen LogP contribution in [0.4, 0.5) is 0 Å². The summed E-state index contributed by atoms with van der Waals surface area (Å²) in [5, 5.41) is 2.86. The van der Waals surface area contributed by atoms with Crippen LogP contribution < -0.4 is 0 Å². The quantitative estimate of drug-likeness (QED) is 0.422. The minimum Gasteiger partial charge on any atom is -0.299 e. The molecule has 1 nitrogen and oxygen atoms in total. The van der Waals surface area contributed by atoms with Crippen LogP contribution in [0.25, 0.3) is 0 Å². The average molecular weight is 212 g/mol. The van der Waals surface area contributed by atoms with E-state index in [4.69, 9.17) is 0 Å². The lowest BCUT2D eigenvalue weighted by Gasteiger charge is -2.06. The zero-order chi connectivity index (χ0) is 10.8. The van der Waals surface area contributed by atoms with Gasteiger partial charge in [0.05, 0.1) is 0 Å². The standard InChI is InChI=1S/C8H15O.C4H9.Al.H/c1-4-6-8(9)7(3)5-2;1-3-4-2;;/h7H,1,4-6H2,2-3H3;1,3-4H2,2H3;;. The van der Waals surface area contributed by atoms with E-state index in [1.807, 2.05) is 0 Å². The van der Waals surface area contributed by atoms with Crippen LogP contribution >= 0.6 is 0 Å². The van der Waals surface area contributed by atoms with Crippen molar-refractivity contribution in [3.63, 3.8) is 0 Å². The smallest absolute Gasteiger partial charge is 0.236 e. The van der Waals surface area contributed by atoms with Gasteiger partial charge in [0.25, 0.3) is 0 Å². The fourth-order valence-electron chi connectivity index (χ4n) is 1.55. The fraction of sp³-hybridized carbons (Fsp3) is 0.917. The SMILES string of the molecule is CCC[CH2][AlH][CH2]CCC(=O)C(C)CC. The number of Topliss-reactive ketones (excluding diaryl/α,β-unsaturated/α-hetero) is 1. The second-order valence-corrected chi connectivity index (χ2v) is 6.41. The van der Waals surface area contributed by atoms with E-state index in [0.29, 0.717) is 11.7 Å². The topological polar surface area (TPSA) is 17.1 Å². The molecule has 0 bridgehead atoms. The Hall–Kier alpha value is 0.202. The second kappa shape index (κ2) is 9.75. The van der Waals surface area contributed by atoms with E-state index in [-0.39, 0.29) is 15.2 Å². The average Bonchev–Trinajstić information content (AvgIpc) is 2.21. The van der Waals surface area contributed by atoms with Crippen molar-refractivity contribution in [2.24, 2.45) is 5.92 Å². The summed E-state index contributed by atoms with van der Waals surface area (Å²) in [6, 6.07) is 0. The minimum atomic E-state index is 0.174. The van der Waals surface area contributed by atoms with E-state index in [9.17, 15) is 4.79 Å². The van der Waals surface area contributed by atoms with E-state index < -0.39 is 0 Å². The molecule has 0 amide bonds. The lowest BCUT2D eigenvalue weighted by atomic mass is 10.0. The lowest BCUT2D eigenvalue weighted by molar-refractivity contribution is -0.122. The van der Waals surface area contributed by atoms with Crippen molar-refractivity contribution in [3.8, 4) is 0 Å². The molecule has 0 heterocycles. The summed E-state index contributed by atoms with van der Waals surface area (Å²) < 4.78 is 0. The molecule has 0 fully saturated rings. The third-order valence-corrected chi connectivity index (χ3v) is 4.94. The molecule has 0 aliphatic heterocycles. The van der Waals surface area contributed by atoms with Crippen LogP contribution in [-0.4, -0.2) is 21.0 Å². The molecular weight excluding hydrogens is 187 g/mol. The molecule has 0 aromatic rings. The van der Waals surface area contributed by atoms with E-state index in [1.54, 1.807) is 0 Å². The van der Waals surface area contributed by atoms with Crippen molar-refractivity contribution < 1.29 is 4.79 Å². The molecule has 0 aliphatic rings. The molecular formula is C12H25AlO. The largest absolute Gasteiger partial charge is 0.299 e. The molecule has 0 saturated heterocycles. The second-order valence-electron chi connectivity index (χ2n) is 4.29. The summed E-state index contributed by atoms with van der Waals surface area (Å²) in [6.45, 7) is 6.40. The predicted molar refractivity (Wildman–Crippen MR) is 65.4 cm³/mol. The number of carbonyl (C=O) groups excluding carboxylic acids is 1. The first-order valence-electron chi connectivity index (χ1n) is 6.25. The first-order chi connectivity index (χ1) is 6.72. The van der Waals surface area contributed by atoms with Gasteiger partial charge in [0.1, 0.15) is 5.78 Å². The maximum absolute atomic E-state index is 11.5. The van der Waals surface area contributed by atoms with E-state index in [0.717, 1.165) is 12.8 Å². The lowest BCUT2D eigenvalue weighted by Crippen LogP contribution is -2.09. The number of carbonyl (C=O) groups is 1. The Morgan fingerprint density at radius 1 is 1.21 bits per heavy atom. The van der Waals surface area contributed by atoms with E-state index in [2.05, 4.69) is 20.8 Å². The summed E-state index contributed by atoms with van der Waals surface area (Å²) in [6.07, 6.45) is 5.75. The van der Waals surface area contributed by atoms with Gasteiger partial charge in [0.2, 0.25) is 15.2 Å². The van der Waals surface area contributed by atoms with Gasteiger partial charge in [-0.15, -0.1) is 0 Å². The highest BCUT2D eigenvalue weighted by molar-refractivity contribution is 6.35. The molecule has 0 aromatic carbocycles. The summed E-state index contributed by atoms with van der Waals surface area (Å²) in [5.41, 5.74) is 0. The number of hydrogen-bond acceptors (Lipinski definition) is 1. The van der Waals surface area contributed by atoms with E-state index >= 15 is 0 Å². The maximum Gasteiger partial charge on any atom is 0.236 e. The van der Waals surface area contributed by atoms with Gasteiger partial charge < -0.3 is 0 Å². The monoisotopic (exact) mass is 212 g/mol. The molecule has 0 spiro atoms. The maximum atomic E-state index is 11.5. The Kier molecular flexibility index (Phi) is 9.89. The zero-order valence-corrected chi connectivity index (χ0v) is 11.6. The van der Waals surface area contributed by atoms with Crippen LogP contribution in [0.15, 0.2) is 0 Å². The van der Waals surface area contributed by atoms with Crippen LogP contribution in [0, 0.1) is 5.92 Å². The van der Waals surface area contributed by atoms with Crippen molar-refractivity contribution in [2.75, 3.05) is 0 Å². The number of hydrogen-bond donors (Lipinski definition) is 0. The van der Waals surface area contributed by atoms with Crippen molar-refractivity contribution >= 4 is 21.0 Å². The van der Waals surface area contributed by atoms with Crippen LogP contribution in [0.3, 0.4) is 0 Å². The third-order valence-electron chi connectivity index (χ3n) is 2.94. The number of unbranched alkanes of at least 4 members (excludes halogenated alkanes) is 1. The van der Waals surface area contributed by atoms with Crippen LogP contribution in [0.2, 0.25) is 10.6 Å². The van der Waals surface area contributed by atoms with Crippen molar-refractivity contribution in [3.05, 3.63) is 0 Å². The number of rotatable bonds is 9. The Morgan fingerprint density at radius 3 is 2.43 bits per heavy atom. The summed E-state index contributed by atoms with van der Waals surface area (Å²) in [7, 11) is 0. The molecule has 0 aliphatic carbocycles. The molecule has 0 N–H and O–H groups in total. The Bertz CT molecular complexity index is 145. The molecule has 2 heteroatoms. The van der Waals surface area contributed by atoms with Gasteiger partial charge in [-0.2, -0.15) is 0 Å². The molecule has 14 heavy (non-hydrogen) atoms. The van der Waals surface area contributed by atoms with Crippen molar-refractivity contribution in [1.29, 1.82) is 0 Å². The van der Waals surface area contributed by atoms with Gasteiger partial charge in [-0.25, -0.2) is 0 Å². The molecule has 0 aromatic heterocycles. The van der Waals surface area contributed by atoms with Crippen LogP contribution in [0.1, 0.15) is 52.9 Å². The zero-order valence-electron chi connectivity index (χ0n) is 10.1. The normalized spacial score (nSPS) is 12.5. The molecule has 82 valence electrons. The Morgan fingerprint density at radius 2 is 1.86 bits per heavy atom. The number of ketones is 1. The molecule has 0 saturated carbocycles. The minimum absolute atomic E-state index is 0.174. The van der Waals surface area contributed by atoms with Crippen LogP contribution in [0.5, 0.6) is 0 Å². The first kappa shape index (κ1) is 14.2. The molecule has 0 radical (unpaired) electrons. The Labute approximate surface area is 95.4 Å².